The number of pyridine rings is 1. The van der Waals surface area contributed by atoms with E-state index in [2.05, 4.69) is 42.3 Å². The van der Waals surface area contributed by atoms with Gasteiger partial charge in [0.2, 0.25) is 0 Å². The van der Waals surface area contributed by atoms with Crippen molar-refractivity contribution in [1.29, 1.82) is 0 Å². The van der Waals surface area contributed by atoms with E-state index in [9.17, 15) is 9.59 Å². The summed E-state index contributed by atoms with van der Waals surface area (Å²) in [5, 5.41) is 17.6. The van der Waals surface area contributed by atoms with Gasteiger partial charge in [-0.1, -0.05) is 11.6 Å². The fourth-order valence-corrected chi connectivity index (χ4v) is 4.42. The van der Waals surface area contributed by atoms with Crippen LogP contribution in [-0.4, -0.2) is 49.5 Å². The Kier molecular flexibility index (Phi) is 6.42. The fourth-order valence-electron chi connectivity index (χ4n) is 4.24. The third kappa shape index (κ3) is 5.46. The second-order valence-electron chi connectivity index (χ2n) is 8.87. The molecule has 0 saturated heterocycles. The third-order valence-corrected chi connectivity index (χ3v) is 6.37. The number of fused-ring (bicyclic) bond motifs is 1. The largest absolute Gasteiger partial charge is 0.379 e. The van der Waals surface area contributed by atoms with E-state index in [0.29, 0.717) is 28.9 Å². The van der Waals surface area contributed by atoms with E-state index in [0.717, 1.165) is 44.2 Å². The molecule has 0 aliphatic heterocycles. The van der Waals surface area contributed by atoms with E-state index in [1.165, 1.54) is 12.4 Å². The summed E-state index contributed by atoms with van der Waals surface area (Å²) in [4.78, 5) is 32.9. The van der Waals surface area contributed by atoms with Gasteiger partial charge < -0.3 is 21.3 Å². The molecule has 4 N–H and O–H groups in total. The minimum absolute atomic E-state index is 0.0878. The van der Waals surface area contributed by atoms with Crippen LogP contribution in [0, 0.1) is 12.3 Å². The van der Waals surface area contributed by atoms with Crippen molar-refractivity contribution in [3.63, 3.8) is 0 Å². The van der Waals surface area contributed by atoms with E-state index in [1.807, 2.05) is 6.07 Å². The summed E-state index contributed by atoms with van der Waals surface area (Å²) in [5.74, 6) is 2.03. The summed E-state index contributed by atoms with van der Waals surface area (Å²) in [6.45, 7) is 0. The first-order valence-electron chi connectivity index (χ1n) is 11.6. The molecule has 2 aliphatic carbocycles. The molecule has 180 valence electrons. The minimum Gasteiger partial charge on any atom is -0.379 e. The van der Waals surface area contributed by atoms with Crippen molar-refractivity contribution in [3.8, 4) is 12.3 Å². The zero-order valence-corrected chi connectivity index (χ0v) is 19.7. The van der Waals surface area contributed by atoms with Gasteiger partial charge in [-0.15, -0.1) is 11.5 Å². The molecule has 2 saturated carbocycles. The number of carbonyl (C=O) groups is 2. The summed E-state index contributed by atoms with van der Waals surface area (Å²) < 4.78 is 1.56. The van der Waals surface area contributed by atoms with Crippen molar-refractivity contribution < 1.29 is 9.59 Å². The first-order valence-corrected chi connectivity index (χ1v) is 12.0. The predicted octanol–water partition coefficient (Wildman–Crippen LogP) is 3.08. The number of aromatic nitrogens is 4. The van der Waals surface area contributed by atoms with Crippen LogP contribution in [0.2, 0.25) is 5.15 Å². The van der Waals surface area contributed by atoms with Crippen molar-refractivity contribution in [3.05, 3.63) is 41.4 Å². The molecule has 11 heteroatoms. The number of carbonyl (C=O) groups excluding carboxylic acids is 2. The Hall–Kier alpha value is -3.84. The first-order chi connectivity index (χ1) is 17.0. The summed E-state index contributed by atoms with van der Waals surface area (Å²) in [7, 11) is 0. The average molecular weight is 493 g/mol. The van der Waals surface area contributed by atoms with Crippen LogP contribution in [0.4, 0.5) is 17.2 Å². The standard InChI is InChI=1S/C24H25ClN8O2/c1-2-22(34)30-16-7-5-15(6-8-16)29-21-12-18(28-14-3-4-14)23-27-13-19(33(23)32-21)24(35)31-17-9-10-26-20(25)11-17/h1,9-16,28H,3-8H2,(H,29,32)(H,30,34)(H,26,31,35). The number of terminal acetylenes is 1. The van der Waals surface area contributed by atoms with Crippen LogP contribution in [0.25, 0.3) is 5.65 Å². The SMILES string of the molecule is C#CC(=O)NC1CCC(Nc2cc(NC3CC3)c3ncc(C(=O)Nc4ccnc(Cl)c4)n3n2)CC1. The van der Waals surface area contributed by atoms with Gasteiger partial charge in [-0.3, -0.25) is 9.59 Å². The zero-order valence-electron chi connectivity index (χ0n) is 18.9. The zero-order chi connectivity index (χ0) is 24.4. The minimum atomic E-state index is -0.371. The van der Waals surface area contributed by atoms with Gasteiger partial charge in [0.25, 0.3) is 11.8 Å². The Bertz CT molecular complexity index is 1300. The van der Waals surface area contributed by atoms with Crippen LogP contribution in [0.3, 0.4) is 0 Å². The molecule has 2 amide bonds. The van der Waals surface area contributed by atoms with Crippen molar-refractivity contribution in [2.75, 3.05) is 16.0 Å². The monoisotopic (exact) mass is 492 g/mol. The van der Waals surface area contributed by atoms with Crippen LogP contribution >= 0.6 is 11.6 Å². The molecule has 0 bridgehead atoms. The quantitative estimate of drug-likeness (QED) is 0.295. The highest BCUT2D eigenvalue weighted by molar-refractivity contribution is 6.29. The van der Waals surface area contributed by atoms with Gasteiger partial charge in [-0.2, -0.15) is 0 Å². The van der Waals surface area contributed by atoms with Crippen LogP contribution in [0.15, 0.2) is 30.6 Å². The second-order valence-corrected chi connectivity index (χ2v) is 9.26. The van der Waals surface area contributed by atoms with Crippen molar-refractivity contribution in [2.24, 2.45) is 0 Å². The van der Waals surface area contributed by atoms with Gasteiger partial charge in [0.15, 0.2) is 11.3 Å². The average Bonchev–Trinajstić information content (AvgIpc) is 3.55. The Morgan fingerprint density at radius 1 is 1.03 bits per heavy atom. The molecular formula is C24H25ClN8O2. The summed E-state index contributed by atoms with van der Waals surface area (Å²) in [5.41, 5.74) is 2.24. The van der Waals surface area contributed by atoms with Crippen LogP contribution in [0.1, 0.15) is 49.0 Å². The number of nitrogens with zero attached hydrogens (tertiary/aromatic N) is 4. The highest BCUT2D eigenvalue weighted by Gasteiger charge is 2.26. The van der Waals surface area contributed by atoms with Gasteiger partial charge >= 0.3 is 0 Å². The van der Waals surface area contributed by atoms with Gasteiger partial charge in [0.05, 0.1) is 11.9 Å². The third-order valence-electron chi connectivity index (χ3n) is 6.17. The molecule has 3 aromatic heterocycles. The Labute approximate surface area is 207 Å². The van der Waals surface area contributed by atoms with E-state index < -0.39 is 0 Å². The lowest BCUT2D eigenvalue weighted by Gasteiger charge is -2.29. The number of nitrogens with one attached hydrogen (secondary N) is 4. The molecule has 2 aliphatic rings. The number of anilines is 3. The summed E-state index contributed by atoms with van der Waals surface area (Å²) in [6.07, 6.45) is 13.8. The highest BCUT2D eigenvalue weighted by Crippen LogP contribution is 2.30. The Morgan fingerprint density at radius 3 is 2.46 bits per heavy atom. The molecule has 2 fully saturated rings. The van der Waals surface area contributed by atoms with Crippen LogP contribution < -0.4 is 21.3 Å². The fraction of sp³-hybridized carbons (Fsp3) is 0.375. The molecule has 0 aromatic carbocycles. The van der Waals surface area contributed by atoms with E-state index in [1.54, 1.807) is 16.6 Å². The summed E-state index contributed by atoms with van der Waals surface area (Å²) in [6, 6.07) is 5.85. The number of amides is 2. The molecule has 0 radical (unpaired) electrons. The van der Waals surface area contributed by atoms with Crippen molar-refractivity contribution in [2.45, 2.75) is 56.7 Å². The summed E-state index contributed by atoms with van der Waals surface area (Å²) >= 11 is 5.94. The Balaban J connectivity index is 1.36. The van der Waals surface area contributed by atoms with E-state index in [4.69, 9.17) is 18.0 Å². The van der Waals surface area contributed by atoms with Crippen LogP contribution in [0.5, 0.6) is 0 Å². The normalized spacial score (nSPS) is 19.5. The molecule has 0 atom stereocenters. The van der Waals surface area contributed by atoms with Gasteiger partial charge in [-0.25, -0.2) is 14.5 Å². The first kappa shape index (κ1) is 22.9. The number of halogens is 1. The number of hydrogen-bond acceptors (Lipinski definition) is 7. The van der Waals surface area contributed by atoms with Gasteiger partial charge in [0, 0.05) is 36.1 Å². The maximum Gasteiger partial charge on any atom is 0.295 e. The second kappa shape index (κ2) is 9.80. The predicted molar refractivity (Wildman–Crippen MR) is 133 cm³/mol. The molecule has 35 heavy (non-hydrogen) atoms. The molecule has 0 unspecified atom stereocenters. The highest BCUT2D eigenvalue weighted by atomic mass is 35.5. The lowest BCUT2D eigenvalue weighted by Crippen LogP contribution is -2.39. The maximum atomic E-state index is 13.0. The molecule has 3 aromatic rings. The lowest BCUT2D eigenvalue weighted by molar-refractivity contribution is -0.116. The molecule has 10 nitrogen and oxygen atoms in total. The van der Waals surface area contributed by atoms with Crippen molar-refractivity contribution in [1.82, 2.24) is 24.9 Å². The Morgan fingerprint density at radius 2 is 1.74 bits per heavy atom. The number of rotatable bonds is 7. The van der Waals surface area contributed by atoms with E-state index in [-0.39, 0.29) is 29.1 Å². The topological polar surface area (TPSA) is 125 Å². The van der Waals surface area contributed by atoms with Gasteiger partial charge in [-0.05, 0) is 56.6 Å². The van der Waals surface area contributed by atoms with E-state index >= 15 is 0 Å². The number of imidazole rings is 1. The lowest BCUT2D eigenvalue weighted by atomic mass is 9.91. The molecule has 3 heterocycles. The van der Waals surface area contributed by atoms with Gasteiger partial charge in [0.1, 0.15) is 11.0 Å². The molecular weight excluding hydrogens is 468 g/mol. The molecule has 0 spiro atoms. The smallest absolute Gasteiger partial charge is 0.295 e. The maximum absolute atomic E-state index is 13.0. The van der Waals surface area contributed by atoms with Crippen LogP contribution in [-0.2, 0) is 4.79 Å². The van der Waals surface area contributed by atoms with Crippen molar-refractivity contribution >= 4 is 46.3 Å². The molecule has 5 rings (SSSR count). The number of hydrogen-bond donors (Lipinski definition) is 4.